The van der Waals surface area contributed by atoms with Gasteiger partial charge in [-0.25, -0.2) is 0 Å². The van der Waals surface area contributed by atoms with E-state index in [1.807, 2.05) is 0 Å². The zero-order valence-electron chi connectivity index (χ0n) is 5.53. The Morgan fingerprint density at radius 2 is 1.70 bits per heavy atom. The largest absolute Gasteiger partial charge is 1.00 e. The Labute approximate surface area is 79.8 Å². The monoisotopic (exact) mass is 155 g/mol. The second-order valence-electron chi connectivity index (χ2n) is 0.872. The number of amides is 1. The van der Waals surface area contributed by atoms with E-state index in [1.54, 1.807) is 0 Å². The molecule has 0 unspecified atom stereocenters. The smallest absolute Gasteiger partial charge is 0.565 e. The van der Waals surface area contributed by atoms with Crippen LogP contribution in [0, 0.1) is 0 Å². The van der Waals surface area contributed by atoms with E-state index in [0.29, 0.717) is 0 Å². The van der Waals surface area contributed by atoms with Crippen molar-refractivity contribution in [1.29, 1.82) is 0 Å². The molecule has 0 saturated carbocycles. The number of primary amides is 1. The van der Waals surface area contributed by atoms with Crippen molar-refractivity contribution in [2.24, 2.45) is 5.73 Å². The third-order valence-electron chi connectivity index (χ3n) is 0.201. The Morgan fingerprint density at radius 1 is 1.60 bits per heavy atom. The molecule has 0 atom stereocenters. The van der Waals surface area contributed by atoms with Crippen LogP contribution in [0.15, 0.2) is 12.7 Å². The van der Waals surface area contributed by atoms with Crippen LogP contribution in [-0.2, 0) is 4.79 Å². The summed E-state index contributed by atoms with van der Waals surface area (Å²) in [6.07, 6.45) is -1.03. The first kappa shape index (κ1) is 16.2. The fourth-order valence-corrected chi connectivity index (χ4v) is 0. The molecule has 0 aromatic carbocycles. The number of carbonyl (C=O) groups is 2. The molecule has 0 aliphatic heterocycles. The minimum Gasteiger partial charge on any atom is -0.565 e. The second kappa shape index (κ2) is 11.3. The molecule has 10 heavy (non-hydrogen) atoms. The summed E-state index contributed by atoms with van der Waals surface area (Å²) < 4.78 is 0. The predicted molar refractivity (Wildman–Crippen MR) is 27.4 cm³/mol. The van der Waals surface area contributed by atoms with Gasteiger partial charge in [-0.3, -0.25) is 4.79 Å². The number of hydrogen-bond acceptors (Lipinski definition) is 3. The molecule has 0 spiro atoms. The summed E-state index contributed by atoms with van der Waals surface area (Å²) in [5.41, 5.74) is 4.53. The number of rotatable bonds is 1. The van der Waals surface area contributed by atoms with Crippen LogP contribution >= 0.6 is 0 Å². The maximum absolute atomic E-state index is 9.47. The van der Waals surface area contributed by atoms with Crippen molar-refractivity contribution in [3.8, 4) is 0 Å². The van der Waals surface area contributed by atoms with Gasteiger partial charge in [0.1, 0.15) is 0 Å². The Morgan fingerprint density at radius 3 is 1.70 bits per heavy atom. The molecule has 0 aromatic rings. The van der Waals surface area contributed by atoms with Gasteiger partial charge in [-0.15, -0.1) is 0 Å². The van der Waals surface area contributed by atoms with Gasteiger partial charge in [0.05, 0.1) is 0 Å². The molecule has 0 saturated heterocycles. The molecule has 0 bridgehead atoms. The van der Waals surface area contributed by atoms with Gasteiger partial charge in [0.25, 0.3) is 0 Å². The van der Waals surface area contributed by atoms with E-state index in [4.69, 9.17) is 15.0 Å². The maximum Gasteiger partial charge on any atom is 1.00 e. The van der Waals surface area contributed by atoms with Crippen molar-refractivity contribution >= 4 is 12.1 Å². The van der Waals surface area contributed by atoms with E-state index in [-0.39, 0.29) is 29.6 Å². The Bertz CT molecular complexity index is 120. The molecule has 5 nitrogen and oxygen atoms in total. The van der Waals surface area contributed by atoms with Crippen molar-refractivity contribution < 1.29 is 49.4 Å². The van der Waals surface area contributed by atoms with Gasteiger partial charge in [0.2, 0.25) is 12.1 Å². The predicted octanol–water partition coefficient (Wildman–Crippen LogP) is -4.45. The van der Waals surface area contributed by atoms with Gasteiger partial charge in [-0.1, -0.05) is 6.58 Å². The van der Waals surface area contributed by atoms with Crippen LogP contribution < -0.4 is 40.4 Å². The molecule has 52 valence electrons. The molecule has 0 rings (SSSR count). The van der Waals surface area contributed by atoms with Crippen molar-refractivity contribution in [1.82, 2.24) is 0 Å². The molecular weight excluding hydrogens is 149 g/mol. The zero-order valence-corrected chi connectivity index (χ0v) is 7.53. The number of nitrogens with two attached hydrogens (primary N) is 1. The summed E-state index contributed by atoms with van der Waals surface area (Å²) in [4.78, 5) is 17.9. The number of carbonyl (C=O) groups excluding carboxylic acids is 1. The van der Waals surface area contributed by atoms with Crippen LogP contribution in [0.25, 0.3) is 0 Å². The van der Waals surface area contributed by atoms with Gasteiger partial charge >= 0.3 is 29.6 Å². The van der Waals surface area contributed by atoms with Crippen molar-refractivity contribution in [2.45, 2.75) is 0 Å². The van der Waals surface area contributed by atoms with Gasteiger partial charge in [-0.05, 0) is 6.08 Å². The quantitative estimate of drug-likeness (QED) is 0.294. The first-order valence-electron chi connectivity index (χ1n) is 1.82. The van der Waals surface area contributed by atoms with E-state index in [2.05, 4.69) is 12.3 Å². The third-order valence-corrected chi connectivity index (χ3v) is 0.201. The molecule has 0 aromatic heterocycles. The molecule has 0 aliphatic rings. The third kappa shape index (κ3) is 143. The van der Waals surface area contributed by atoms with Crippen LogP contribution in [0.4, 0.5) is 4.79 Å². The SMILES string of the molecule is C=CC(N)=O.O=C([O-])O.[Na+]. The summed E-state index contributed by atoms with van der Waals surface area (Å²) in [6, 6.07) is 0. The Hall–Kier alpha value is -0.520. The van der Waals surface area contributed by atoms with Gasteiger partial charge < -0.3 is 20.7 Å². The summed E-state index contributed by atoms with van der Waals surface area (Å²) in [6.45, 7) is 3.09. The standard InChI is InChI=1S/C3H5NO.CH2O3.Na/c1-2-3(4)5;2-1(3)4;/h2H,1H2,(H2,4,5);(H2,2,3,4);/q;;+1/p-1. The van der Waals surface area contributed by atoms with Crippen LogP contribution in [0.1, 0.15) is 0 Å². The Kier molecular flexibility index (Phi) is 18.3. The summed E-state index contributed by atoms with van der Waals surface area (Å²) in [7, 11) is 0. The van der Waals surface area contributed by atoms with E-state index < -0.39 is 12.1 Å². The van der Waals surface area contributed by atoms with Crippen LogP contribution in [0.3, 0.4) is 0 Å². The molecule has 6 heteroatoms. The minimum atomic E-state index is -2.08. The van der Waals surface area contributed by atoms with E-state index in [1.165, 1.54) is 0 Å². The fraction of sp³-hybridized carbons (Fsp3) is 0. The normalized spacial score (nSPS) is 5.60. The molecule has 0 aliphatic carbocycles. The molecule has 3 N–H and O–H groups in total. The minimum absolute atomic E-state index is 0. The molecular formula is C4H6NNaO4. The summed E-state index contributed by atoms with van der Waals surface area (Å²) >= 11 is 0. The maximum atomic E-state index is 9.47. The second-order valence-corrected chi connectivity index (χ2v) is 0.872. The van der Waals surface area contributed by atoms with Gasteiger partial charge in [-0.2, -0.15) is 0 Å². The van der Waals surface area contributed by atoms with Crippen LogP contribution in [-0.4, -0.2) is 17.2 Å². The van der Waals surface area contributed by atoms with E-state index in [9.17, 15) is 4.79 Å². The van der Waals surface area contributed by atoms with Crippen molar-refractivity contribution in [2.75, 3.05) is 0 Å². The molecule has 0 fully saturated rings. The van der Waals surface area contributed by atoms with Gasteiger partial charge in [0.15, 0.2) is 0 Å². The van der Waals surface area contributed by atoms with E-state index >= 15 is 0 Å². The average Bonchev–Trinajstić information content (AvgIpc) is 1.65. The zero-order chi connectivity index (χ0) is 7.86. The summed E-state index contributed by atoms with van der Waals surface area (Å²) in [5.74, 6) is -0.481. The summed E-state index contributed by atoms with van der Waals surface area (Å²) in [5, 5.41) is 15.3. The van der Waals surface area contributed by atoms with Gasteiger partial charge in [0, 0.05) is 0 Å². The van der Waals surface area contributed by atoms with Crippen molar-refractivity contribution in [3.05, 3.63) is 12.7 Å². The first-order chi connectivity index (χ1) is 4.00. The number of carboxylic acid groups (broad SMARTS) is 2. The fourth-order valence-electron chi connectivity index (χ4n) is 0. The van der Waals surface area contributed by atoms with Crippen LogP contribution in [0.2, 0.25) is 0 Å². The molecule has 0 heterocycles. The van der Waals surface area contributed by atoms with Crippen molar-refractivity contribution in [3.63, 3.8) is 0 Å². The molecule has 0 radical (unpaired) electrons. The molecule has 1 amide bonds. The van der Waals surface area contributed by atoms with Crippen LogP contribution in [0.5, 0.6) is 0 Å². The average molecular weight is 155 g/mol. The topological polar surface area (TPSA) is 103 Å². The number of hydrogen-bond donors (Lipinski definition) is 2. The van der Waals surface area contributed by atoms with E-state index in [0.717, 1.165) is 6.08 Å². The Balaban J connectivity index is -0.0000000910. The first-order valence-corrected chi connectivity index (χ1v) is 1.82.